The topological polar surface area (TPSA) is 24.9 Å². The number of nitrogens with zero attached hydrogens (tertiary/aromatic N) is 1. The van der Waals surface area contributed by atoms with Crippen molar-refractivity contribution in [2.24, 2.45) is 0 Å². The fourth-order valence-electron chi connectivity index (χ4n) is 1.99. The molecule has 2 atom stereocenters. The molecule has 0 aliphatic carbocycles. The number of thiophene rings is 1. The Morgan fingerprint density at radius 2 is 2.00 bits per heavy atom. The Hall–Kier alpha value is -1.19. The zero-order valence-electron chi connectivity index (χ0n) is 11.2. The van der Waals surface area contributed by atoms with Gasteiger partial charge in [-0.15, -0.1) is 11.3 Å². The molecule has 2 nitrogen and oxygen atoms in total. The number of hydrogen-bond donors (Lipinski definition) is 1. The molecular weight excluding hydrogens is 240 g/mol. The second-order valence-corrected chi connectivity index (χ2v) is 5.72. The summed E-state index contributed by atoms with van der Waals surface area (Å²) in [5.74, 6) is 0. The number of hydrogen-bond acceptors (Lipinski definition) is 3. The van der Waals surface area contributed by atoms with Gasteiger partial charge in [-0.05, 0) is 44.5 Å². The lowest BCUT2D eigenvalue weighted by molar-refractivity contribution is 0.491. The van der Waals surface area contributed by atoms with E-state index in [9.17, 15) is 0 Å². The van der Waals surface area contributed by atoms with Crippen molar-refractivity contribution in [3.8, 4) is 0 Å². The molecule has 0 fully saturated rings. The van der Waals surface area contributed by atoms with Gasteiger partial charge >= 0.3 is 0 Å². The van der Waals surface area contributed by atoms with E-state index in [0.29, 0.717) is 6.04 Å². The van der Waals surface area contributed by atoms with Crippen molar-refractivity contribution in [2.45, 2.75) is 39.3 Å². The van der Waals surface area contributed by atoms with Crippen LogP contribution < -0.4 is 5.32 Å². The summed E-state index contributed by atoms with van der Waals surface area (Å²) >= 11 is 1.90. The molecule has 2 aromatic rings. The average Bonchev–Trinajstić information content (AvgIpc) is 2.88. The van der Waals surface area contributed by atoms with E-state index in [1.165, 1.54) is 9.75 Å². The third-order valence-electron chi connectivity index (χ3n) is 3.09. The third kappa shape index (κ3) is 3.18. The molecule has 0 radical (unpaired) electrons. The summed E-state index contributed by atoms with van der Waals surface area (Å²) in [5, 5.41) is 3.60. The van der Waals surface area contributed by atoms with Gasteiger partial charge in [-0.3, -0.25) is 4.98 Å². The van der Waals surface area contributed by atoms with Crippen LogP contribution >= 0.6 is 11.3 Å². The molecule has 2 aromatic heterocycles. The Morgan fingerprint density at radius 3 is 2.61 bits per heavy atom. The molecule has 1 unspecified atom stereocenters. The van der Waals surface area contributed by atoms with Crippen molar-refractivity contribution in [1.82, 2.24) is 10.3 Å². The van der Waals surface area contributed by atoms with Crippen LogP contribution in [0.1, 0.15) is 48.3 Å². The lowest BCUT2D eigenvalue weighted by atomic mass is 10.1. The Morgan fingerprint density at radius 1 is 1.17 bits per heavy atom. The fourth-order valence-corrected chi connectivity index (χ4v) is 2.96. The number of pyridine rings is 1. The Balaban J connectivity index is 2.01. The number of nitrogens with one attached hydrogen (secondary N) is 1. The zero-order valence-corrected chi connectivity index (χ0v) is 12.0. The molecular formula is C15H20N2S. The normalized spacial score (nSPS) is 14.4. The molecule has 2 heterocycles. The highest BCUT2D eigenvalue weighted by Crippen LogP contribution is 2.25. The first kappa shape index (κ1) is 13.2. The molecule has 0 saturated heterocycles. The van der Waals surface area contributed by atoms with E-state index < -0.39 is 0 Å². The van der Waals surface area contributed by atoms with Gasteiger partial charge in [-0.2, -0.15) is 0 Å². The molecule has 1 N–H and O–H groups in total. The van der Waals surface area contributed by atoms with Crippen molar-refractivity contribution in [1.29, 1.82) is 0 Å². The van der Waals surface area contributed by atoms with Gasteiger partial charge in [0.25, 0.3) is 0 Å². The predicted molar refractivity (Wildman–Crippen MR) is 77.9 cm³/mol. The summed E-state index contributed by atoms with van der Waals surface area (Å²) in [6.07, 6.45) is 2.96. The van der Waals surface area contributed by atoms with Crippen molar-refractivity contribution < 1.29 is 0 Å². The summed E-state index contributed by atoms with van der Waals surface area (Å²) in [6.45, 7) is 6.57. The smallest absolute Gasteiger partial charge is 0.0570 e. The van der Waals surface area contributed by atoms with Crippen molar-refractivity contribution in [3.63, 3.8) is 0 Å². The predicted octanol–water partition coefficient (Wildman–Crippen LogP) is 4.12. The highest BCUT2D eigenvalue weighted by molar-refractivity contribution is 7.12. The number of aromatic nitrogens is 1. The summed E-state index contributed by atoms with van der Waals surface area (Å²) < 4.78 is 0. The van der Waals surface area contributed by atoms with E-state index in [1.807, 2.05) is 29.7 Å². The van der Waals surface area contributed by atoms with Gasteiger partial charge in [0.05, 0.1) is 5.69 Å². The Labute approximate surface area is 113 Å². The quantitative estimate of drug-likeness (QED) is 0.875. The third-order valence-corrected chi connectivity index (χ3v) is 4.50. The molecule has 0 aliphatic rings. The monoisotopic (exact) mass is 260 g/mol. The molecule has 0 aliphatic heterocycles. The van der Waals surface area contributed by atoms with E-state index in [1.54, 1.807) is 0 Å². The van der Waals surface area contributed by atoms with E-state index in [4.69, 9.17) is 0 Å². The van der Waals surface area contributed by atoms with E-state index in [-0.39, 0.29) is 6.04 Å². The highest BCUT2D eigenvalue weighted by atomic mass is 32.1. The van der Waals surface area contributed by atoms with Crippen molar-refractivity contribution in [3.05, 3.63) is 52.0 Å². The van der Waals surface area contributed by atoms with Gasteiger partial charge < -0.3 is 5.32 Å². The first-order valence-corrected chi connectivity index (χ1v) is 7.28. The van der Waals surface area contributed by atoms with Gasteiger partial charge in [-0.1, -0.05) is 13.0 Å². The Bertz CT molecular complexity index is 478. The van der Waals surface area contributed by atoms with Gasteiger partial charge in [0, 0.05) is 28.0 Å². The van der Waals surface area contributed by atoms with Crippen LogP contribution in [0.15, 0.2) is 36.5 Å². The number of rotatable bonds is 5. The van der Waals surface area contributed by atoms with Crippen LogP contribution in [0, 0.1) is 0 Å². The van der Waals surface area contributed by atoms with Gasteiger partial charge in [-0.25, -0.2) is 0 Å². The van der Waals surface area contributed by atoms with Crippen molar-refractivity contribution in [2.75, 3.05) is 0 Å². The van der Waals surface area contributed by atoms with Crippen LogP contribution in [0.4, 0.5) is 0 Å². The van der Waals surface area contributed by atoms with E-state index in [0.717, 1.165) is 12.1 Å². The van der Waals surface area contributed by atoms with Gasteiger partial charge in [0.1, 0.15) is 0 Å². The second-order valence-electron chi connectivity index (χ2n) is 4.52. The SMILES string of the molecule is CCc1ccc(C(C)N[C@H](C)c2ccccn2)s1. The Kier molecular flexibility index (Phi) is 4.50. The van der Waals surface area contributed by atoms with E-state index >= 15 is 0 Å². The molecule has 2 rings (SSSR count). The largest absolute Gasteiger partial charge is 0.301 e. The first-order valence-electron chi connectivity index (χ1n) is 6.46. The molecule has 0 spiro atoms. The molecule has 0 saturated carbocycles. The van der Waals surface area contributed by atoms with Crippen LogP contribution in [0.25, 0.3) is 0 Å². The highest BCUT2D eigenvalue weighted by Gasteiger charge is 2.13. The first-order chi connectivity index (χ1) is 8.70. The minimum absolute atomic E-state index is 0.272. The molecule has 3 heteroatoms. The fraction of sp³-hybridized carbons (Fsp3) is 0.400. The number of aryl methyl sites for hydroxylation is 1. The summed E-state index contributed by atoms with van der Waals surface area (Å²) in [4.78, 5) is 7.23. The van der Waals surface area contributed by atoms with Gasteiger partial charge in [0.15, 0.2) is 0 Å². The maximum absolute atomic E-state index is 4.39. The van der Waals surface area contributed by atoms with E-state index in [2.05, 4.69) is 49.3 Å². The minimum Gasteiger partial charge on any atom is -0.301 e. The lowest BCUT2D eigenvalue weighted by Gasteiger charge is -2.18. The van der Waals surface area contributed by atoms with Crippen molar-refractivity contribution >= 4 is 11.3 Å². The van der Waals surface area contributed by atoms with Crippen LogP contribution in [-0.4, -0.2) is 4.98 Å². The maximum Gasteiger partial charge on any atom is 0.0570 e. The molecule has 0 aromatic carbocycles. The van der Waals surface area contributed by atoms with Crippen LogP contribution in [0.2, 0.25) is 0 Å². The summed E-state index contributed by atoms with van der Waals surface area (Å²) in [6, 6.07) is 11.1. The lowest BCUT2D eigenvalue weighted by Crippen LogP contribution is -2.22. The molecule has 18 heavy (non-hydrogen) atoms. The molecule has 0 bridgehead atoms. The zero-order chi connectivity index (χ0) is 13.0. The molecule has 0 amide bonds. The summed E-state index contributed by atoms with van der Waals surface area (Å²) in [5.41, 5.74) is 1.09. The minimum atomic E-state index is 0.272. The molecule has 96 valence electrons. The van der Waals surface area contributed by atoms with Crippen LogP contribution in [0.5, 0.6) is 0 Å². The maximum atomic E-state index is 4.39. The average molecular weight is 260 g/mol. The standard InChI is InChI=1S/C15H20N2S/c1-4-13-8-9-15(18-13)12(3)17-11(2)14-7-5-6-10-16-14/h5-12,17H,4H2,1-3H3/t11-,12?/m1/s1. The van der Waals surface area contributed by atoms with Crippen LogP contribution in [-0.2, 0) is 6.42 Å². The van der Waals surface area contributed by atoms with Gasteiger partial charge in [0.2, 0.25) is 0 Å². The van der Waals surface area contributed by atoms with Crippen LogP contribution in [0.3, 0.4) is 0 Å². The summed E-state index contributed by atoms with van der Waals surface area (Å²) in [7, 11) is 0. The second kappa shape index (κ2) is 6.12.